The van der Waals surface area contributed by atoms with E-state index in [-0.39, 0.29) is 0 Å². The summed E-state index contributed by atoms with van der Waals surface area (Å²) in [4.78, 5) is 0. The molecule has 298 valence electrons. The molecule has 0 amide bonds. The van der Waals surface area contributed by atoms with Gasteiger partial charge in [0.2, 0.25) is 5.82 Å². The molecule has 1 heterocycles. The average molecular weight is 816 g/mol. The van der Waals surface area contributed by atoms with Gasteiger partial charge in [-0.25, -0.2) is 65.9 Å². The van der Waals surface area contributed by atoms with Crippen molar-refractivity contribution in [3.05, 3.63) is 123 Å². The predicted molar refractivity (Wildman–Crippen MR) is 185 cm³/mol. The van der Waals surface area contributed by atoms with Crippen molar-refractivity contribution in [2.24, 2.45) is 0 Å². The van der Waals surface area contributed by atoms with Gasteiger partial charge in [0.15, 0.2) is 58.2 Å². The Kier molecular flexibility index (Phi) is 11.6. The van der Waals surface area contributed by atoms with Gasteiger partial charge in [0, 0.05) is 13.5 Å². The first-order chi connectivity index (χ1) is 25.0. The van der Waals surface area contributed by atoms with Gasteiger partial charge in [-0.1, -0.05) is 35.9 Å². The van der Waals surface area contributed by atoms with E-state index in [0.717, 1.165) is 18.2 Å². The maximum atomic E-state index is 15.5. The zero-order valence-corrected chi connectivity index (χ0v) is 31.6. The van der Waals surface area contributed by atoms with Gasteiger partial charge in [0.1, 0.15) is 29.4 Å². The summed E-state index contributed by atoms with van der Waals surface area (Å²) in [5.41, 5.74) is -10.5. The van der Waals surface area contributed by atoms with Crippen molar-refractivity contribution >= 4 is 42.0 Å². The van der Waals surface area contributed by atoms with Crippen molar-refractivity contribution in [2.75, 3.05) is 0 Å². The second kappa shape index (κ2) is 14.5. The van der Waals surface area contributed by atoms with Crippen LogP contribution in [0.2, 0.25) is 0 Å². The van der Waals surface area contributed by atoms with Gasteiger partial charge in [-0.3, -0.25) is 0 Å². The Labute approximate surface area is 308 Å². The maximum absolute atomic E-state index is 15.5. The lowest BCUT2D eigenvalue weighted by Gasteiger charge is -2.43. The Morgan fingerprint density at radius 1 is 0.382 bits per heavy atom. The largest absolute Gasteiger partial charge is 0.207 e. The zero-order valence-electron chi connectivity index (χ0n) is 30.6. The predicted octanol–water partition coefficient (Wildman–Crippen LogP) is 10.9. The number of hydrogen-bond donors (Lipinski definition) is 0. The fraction of sp³-hybridized carbons (Fsp3) is 0.316. The lowest BCUT2D eigenvalue weighted by Crippen LogP contribution is -2.71. The Hall–Kier alpha value is -3.94. The lowest BCUT2D eigenvalue weighted by atomic mass is 9.13. The molecular weight excluding hydrogens is 783 g/mol. The highest BCUT2D eigenvalue weighted by Crippen LogP contribution is 2.67. The van der Waals surface area contributed by atoms with Crippen LogP contribution in [-0.4, -0.2) is 21.6 Å². The quantitative estimate of drug-likeness (QED) is 0.0635. The summed E-state index contributed by atoms with van der Waals surface area (Å²) < 4.78 is 221. The van der Waals surface area contributed by atoms with Gasteiger partial charge >= 0.3 is 0 Å². The zero-order chi connectivity index (χ0) is 42.2. The molecule has 0 nitrogen and oxygen atoms in total. The van der Waals surface area contributed by atoms with E-state index in [9.17, 15) is 39.5 Å². The highest BCUT2D eigenvalue weighted by Gasteiger charge is 2.51. The topological polar surface area (TPSA) is 0 Å². The molecule has 0 aliphatic carbocycles. The van der Waals surface area contributed by atoms with Crippen LogP contribution in [0.25, 0.3) is 11.5 Å². The molecule has 0 aromatic heterocycles. The summed E-state index contributed by atoms with van der Waals surface area (Å²) in [7, 11) is -0.391. The van der Waals surface area contributed by atoms with Crippen LogP contribution in [0.1, 0.15) is 73.4 Å². The van der Waals surface area contributed by atoms with Crippen LogP contribution in [0.4, 0.5) is 65.9 Å². The second-order valence-electron chi connectivity index (χ2n) is 16.1. The molecule has 5 rings (SSSR count). The van der Waals surface area contributed by atoms with Crippen molar-refractivity contribution in [3.63, 3.8) is 0 Å². The summed E-state index contributed by atoms with van der Waals surface area (Å²) in [6, 6.07) is 3.33. The molecule has 0 saturated carbocycles. The molecule has 0 fully saturated rings. The molecule has 4 aromatic carbocycles. The monoisotopic (exact) mass is 816 g/mol. The molecule has 0 N–H and O–H groups in total. The van der Waals surface area contributed by atoms with Crippen LogP contribution in [0.5, 0.6) is 0 Å². The van der Waals surface area contributed by atoms with Crippen molar-refractivity contribution in [1.82, 2.24) is 0 Å². The fourth-order valence-electron chi connectivity index (χ4n) is 8.79. The minimum Gasteiger partial charge on any atom is -0.207 e. The number of rotatable bonds is 3. The van der Waals surface area contributed by atoms with Crippen molar-refractivity contribution < 1.29 is 65.9 Å². The van der Waals surface area contributed by atoms with E-state index < -0.39 is 134 Å². The third-order valence-corrected chi connectivity index (χ3v) is 13.8. The summed E-state index contributed by atoms with van der Waals surface area (Å²) in [6.45, 7) is 21.6. The molecule has 1 aliphatic heterocycles. The van der Waals surface area contributed by atoms with Gasteiger partial charge in [0.25, 0.3) is 0 Å². The highest BCUT2D eigenvalue weighted by atomic mass is 31.1. The summed E-state index contributed by atoms with van der Waals surface area (Å²) >= 11 is 0. The molecule has 55 heavy (non-hydrogen) atoms. The van der Waals surface area contributed by atoms with Crippen LogP contribution < -0.4 is 16.4 Å². The smallest absolute Gasteiger partial charge is 0.200 e. The second-order valence-corrected chi connectivity index (χ2v) is 21.4. The minimum atomic E-state index is -5.22. The minimum absolute atomic E-state index is 0.295. The number of benzene rings is 4. The lowest BCUT2D eigenvalue weighted by molar-refractivity contribution is 0.376. The van der Waals surface area contributed by atoms with E-state index >= 15 is 26.3 Å². The fourth-order valence-corrected chi connectivity index (χ4v) is 15.5. The van der Waals surface area contributed by atoms with Gasteiger partial charge in [-0.05, 0) is 62.3 Å². The first-order valence-corrected chi connectivity index (χ1v) is 17.9. The third-order valence-electron chi connectivity index (χ3n) is 9.34. The van der Waals surface area contributed by atoms with Crippen LogP contribution >= 0.6 is 7.92 Å². The maximum Gasteiger partial charge on any atom is 0.200 e. The molecule has 4 aromatic rings. The summed E-state index contributed by atoms with van der Waals surface area (Å²) in [6.07, 6.45) is -4.93. The highest BCUT2D eigenvalue weighted by molar-refractivity contribution is 7.62. The molecule has 0 atom stereocenters. The third kappa shape index (κ3) is 6.94. The number of fused-ring (bicyclic) bond motifs is 1. The summed E-state index contributed by atoms with van der Waals surface area (Å²) in [5.74, 6) is -42.9. The van der Waals surface area contributed by atoms with Gasteiger partial charge in [-0.2, -0.15) is 10.9 Å². The molecule has 0 spiro atoms. The van der Waals surface area contributed by atoms with Gasteiger partial charge in [-0.15, -0.1) is 10.9 Å². The van der Waals surface area contributed by atoms with Crippen LogP contribution in [0.3, 0.4) is 0 Å². The molecule has 0 bridgehead atoms. The number of hydrogen-bond acceptors (Lipinski definition) is 0. The Morgan fingerprint density at radius 3 is 0.945 bits per heavy atom. The van der Waals surface area contributed by atoms with Crippen LogP contribution in [0, 0.1) is 87.3 Å². The van der Waals surface area contributed by atoms with E-state index in [1.165, 1.54) is 0 Å². The van der Waals surface area contributed by atoms with Crippen LogP contribution in [-0.2, 0) is 0 Å². The van der Waals surface area contributed by atoms with Crippen molar-refractivity contribution in [3.8, 4) is 0 Å². The Morgan fingerprint density at radius 2 is 0.655 bits per heavy atom. The average Bonchev–Trinajstić information content (AvgIpc) is 3.39. The Bertz CT molecular complexity index is 2060. The molecule has 1 aliphatic rings. The molecule has 17 heteroatoms. The van der Waals surface area contributed by atoms with E-state index in [4.69, 9.17) is 0 Å². The molecule has 0 radical (unpaired) electrons. The SMILES string of the molecule is CC(C)(C)[PH+](C(C)(C)C)C(C)(C)C.Fc1c(F)c(F)c(C2=Cc3ccccc3[B-]2(c2c(F)c(F)c(F)c(F)c2F)c2c(F)c(F)c(F)c(F)c2F)c(F)c1F. The first-order valence-electron chi connectivity index (χ1n) is 16.4. The molecular formula is C38H33BF15P. The van der Waals surface area contributed by atoms with Crippen molar-refractivity contribution in [2.45, 2.75) is 77.8 Å². The summed E-state index contributed by atoms with van der Waals surface area (Å²) in [5, 5.41) is 1.46. The van der Waals surface area contributed by atoms with Crippen molar-refractivity contribution in [1.29, 1.82) is 0 Å². The Balaban J connectivity index is 0.000000444. The standard InChI is InChI=1S/C26H5BF15.C12H27P/c28-12-9(13(29)19(35)24(40)18(12)34)8-5-6-3-1-2-4-7(6)27(8,10-14(30)20(36)25(41)21(37)15(10)31)11-16(32)22(38)26(42)23(39)17(11)33;1-10(2,3)13(11(4,5)6)12(7,8)9/h1-5H;1-9H3/q-1;/p+1. The van der Waals surface area contributed by atoms with E-state index in [1.54, 1.807) is 0 Å². The molecule has 0 saturated heterocycles. The van der Waals surface area contributed by atoms with E-state index in [2.05, 4.69) is 62.3 Å². The van der Waals surface area contributed by atoms with E-state index in [1.807, 2.05) is 0 Å². The molecule has 0 unspecified atom stereocenters. The number of halogens is 15. The first kappa shape index (κ1) is 43.8. The normalized spacial score (nSPS) is 14.2. The van der Waals surface area contributed by atoms with Crippen LogP contribution in [0.15, 0.2) is 24.3 Å². The van der Waals surface area contributed by atoms with Gasteiger partial charge < -0.3 is 0 Å². The van der Waals surface area contributed by atoms with Gasteiger partial charge in [0.05, 0.1) is 15.5 Å². The van der Waals surface area contributed by atoms with E-state index in [0.29, 0.717) is 27.6 Å².